The Labute approximate surface area is 297 Å². The number of methoxy groups -OCH3 is 1. The summed E-state index contributed by atoms with van der Waals surface area (Å²) < 4.78 is 10.2. The molecule has 51 heavy (non-hydrogen) atoms. The monoisotopic (exact) mass is 696 g/mol. The molecule has 0 aliphatic carbocycles. The topological polar surface area (TPSA) is 141 Å². The van der Waals surface area contributed by atoms with Gasteiger partial charge in [-0.25, -0.2) is 14.5 Å². The molecule has 1 fully saturated rings. The van der Waals surface area contributed by atoms with Crippen LogP contribution in [0.4, 0.5) is 21.9 Å². The molecule has 0 unspecified atom stereocenters. The number of piperazine rings is 1. The molecule has 3 aromatic rings. The lowest BCUT2D eigenvalue weighted by atomic mass is 9.99. The van der Waals surface area contributed by atoms with E-state index in [4.69, 9.17) is 9.47 Å². The summed E-state index contributed by atoms with van der Waals surface area (Å²) in [5.41, 5.74) is 2.50. The van der Waals surface area contributed by atoms with E-state index in [9.17, 15) is 24.0 Å². The summed E-state index contributed by atoms with van der Waals surface area (Å²) in [6, 6.07) is 21.0. The van der Waals surface area contributed by atoms with Crippen LogP contribution in [-0.4, -0.2) is 106 Å². The highest BCUT2D eigenvalue weighted by molar-refractivity contribution is 6.44. The molecule has 3 aromatic carbocycles. The standard InChI is InChI=1S/C38H44N6O7/c1-38(2,3)51-37(49)39-23-31(45)44-30-22-26(36(48)50-6)12-17-29(30)33(35(44)47)34(25-10-8-7-9-11-25)40-27-13-15-28(16-14-27)42(5)32(46)24-43-20-18-41(4)19-21-43/h7-17,22,40H,18-21,23-24H2,1-6H3,(H,39,49)/b34-33-. The summed E-state index contributed by atoms with van der Waals surface area (Å²) in [5.74, 6) is -2.04. The predicted molar refractivity (Wildman–Crippen MR) is 195 cm³/mol. The maximum Gasteiger partial charge on any atom is 0.408 e. The second-order valence-corrected chi connectivity index (χ2v) is 13.4. The molecule has 0 radical (unpaired) electrons. The number of ether oxygens (including phenoxy) is 2. The maximum atomic E-state index is 14.3. The van der Waals surface area contributed by atoms with Gasteiger partial charge >= 0.3 is 12.1 Å². The number of alkyl carbamates (subject to hydrolysis) is 1. The van der Waals surface area contributed by atoms with Gasteiger partial charge in [0.05, 0.1) is 36.2 Å². The Morgan fingerprint density at radius 1 is 0.882 bits per heavy atom. The molecule has 2 N–H and O–H groups in total. The number of hydrogen-bond acceptors (Lipinski definition) is 10. The van der Waals surface area contributed by atoms with Crippen LogP contribution in [0.25, 0.3) is 11.3 Å². The molecule has 13 heteroatoms. The number of esters is 1. The molecule has 4 amide bonds. The molecule has 268 valence electrons. The Hall–Kier alpha value is -5.53. The number of carbonyl (C=O) groups is 5. The highest BCUT2D eigenvalue weighted by Crippen LogP contribution is 2.42. The quantitative estimate of drug-likeness (QED) is 0.249. The second kappa shape index (κ2) is 15.6. The normalized spacial score (nSPS) is 15.9. The number of likely N-dealkylation sites (N-methyl/N-ethyl adjacent to an activating group) is 2. The van der Waals surface area contributed by atoms with E-state index in [1.54, 1.807) is 38.8 Å². The number of anilines is 3. The smallest absolute Gasteiger partial charge is 0.408 e. The van der Waals surface area contributed by atoms with E-state index in [0.29, 0.717) is 34.7 Å². The minimum atomic E-state index is -0.816. The lowest BCUT2D eigenvalue weighted by Gasteiger charge is -2.32. The van der Waals surface area contributed by atoms with E-state index < -0.39 is 36.0 Å². The van der Waals surface area contributed by atoms with Crippen LogP contribution in [0.5, 0.6) is 0 Å². The van der Waals surface area contributed by atoms with Crippen LogP contribution in [-0.2, 0) is 23.9 Å². The van der Waals surface area contributed by atoms with E-state index in [1.165, 1.54) is 19.2 Å². The average Bonchev–Trinajstić information content (AvgIpc) is 3.40. The fourth-order valence-corrected chi connectivity index (χ4v) is 5.78. The van der Waals surface area contributed by atoms with Crippen molar-refractivity contribution in [3.05, 3.63) is 89.5 Å². The Kier molecular flexibility index (Phi) is 11.2. The predicted octanol–water partition coefficient (Wildman–Crippen LogP) is 4.06. The first-order valence-corrected chi connectivity index (χ1v) is 16.7. The zero-order chi connectivity index (χ0) is 36.9. The Morgan fingerprint density at radius 2 is 1.55 bits per heavy atom. The summed E-state index contributed by atoms with van der Waals surface area (Å²) in [6.07, 6.45) is -0.816. The summed E-state index contributed by atoms with van der Waals surface area (Å²) in [7, 11) is 5.06. The van der Waals surface area contributed by atoms with Gasteiger partial charge in [-0.2, -0.15) is 0 Å². The molecular weight excluding hydrogens is 652 g/mol. The van der Waals surface area contributed by atoms with E-state index in [1.807, 2.05) is 54.6 Å². The molecule has 0 aromatic heterocycles. The molecule has 0 atom stereocenters. The Bertz CT molecular complexity index is 1830. The average molecular weight is 697 g/mol. The van der Waals surface area contributed by atoms with Crippen molar-refractivity contribution >= 4 is 58.1 Å². The van der Waals surface area contributed by atoms with Crippen molar-refractivity contribution in [1.29, 1.82) is 0 Å². The van der Waals surface area contributed by atoms with Crippen molar-refractivity contribution in [3.63, 3.8) is 0 Å². The van der Waals surface area contributed by atoms with Crippen molar-refractivity contribution in [2.24, 2.45) is 0 Å². The fourth-order valence-electron chi connectivity index (χ4n) is 5.78. The summed E-state index contributed by atoms with van der Waals surface area (Å²) in [5, 5.41) is 5.80. The third-order valence-electron chi connectivity index (χ3n) is 8.54. The molecule has 0 saturated carbocycles. The van der Waals surface area contributed by atoms with Crippen molar-refractivity contribution in [1.82, 2.24) is 15.1 Å². The van der Waals surface area contributed by atoms with Gasteiger partial charge in [0.15, 0.2) is 0 Å². The zero-order valence-electron chi connectivity index (χ0n) is 29.8. The third-order valence-corrected chi connectivity index (χ3v) is 8.54. The number of carbonyl (C=O) groups excluding carboxylic acids is 5. The minimum Gasteiger partial charge on any atom is -0.465 e. The first-order chi connectivity index (χ1) is 24.3. The van der Waals surface area contributed by atoms with Crippen LogP contribution in [0, 0.1) is 0 Å². The summed E-state index contributed by atoms with van der Waals surface area (Å²) >= 11 is 0. The van der Waals surface area contributed by atoms with Crippen LogP contribution in [0.1, 0.15) is 42.3 Å². The number of nitrogens with zero attached hydrogens (tertiary/aromatic N) is 4. The van der Waals surface area contributed by atoms with Gasteiger partial charge in [-0.3, -0.25) is 19.3 Å². The summed E-state index contributed by atoms with van der Waals surface area (Å²) in [6.45, 7) is 8.39. The van der Waals surface area contributed by atoms with Gasteiger partial charge < -0.3 is 29.9 Å². The number of hydrogen-bond donors (Lipinski definition) is 2. The molecule has 2 aliphatic heterocycles. The number of amides is 4. The van der Waals surface area contributed by atoms with Gasteiger partial charge in [0.1, 0.15) is 12.1 Å². The molecule has 0 bridgehead atoms. The maximum absolute atomic E-state index is 14.3. The van der Waals surface area contributed by atoms with Gasteiger partial charge in [-0.1, -0.05) is 36.4 Å². The SMILES string of the molecule is COC(=O)c1ccc2c(c1)N(C(=O)CNC(=O)OC(C)(C)C)C(=O)/C2=C(\Nc1ccc(N(C)C(=O)CN2CCN(C)CC2)cc1)c1ccccc1. The molecule has 2 heterocycles. The zero-order valence-corrected chi connectivity index (χ0v) is 29.8. The lowest BCUT2D eigenvalue weighted by molar-refractivity contribution is -0.123. The fraction of sp³-hybridized carbons (Fsp3) is 0.342. The van der Waals surface area contributed by atoms with Crippen molar-refractivity contribution < 1.29 is 33.4 Å². The summed E-state index contributed by atoms with van der Waals surface area (Å²) in [4.78, 5) is 72.9. The Balaban J connectivity index is 1.47. The number of nitrogens with one attached hydrogen (secondary N) is 2. The largest absolute Gasteiger partial charge is 0.465 e. The van der Waals surface area contributed by atoms with Gasteiger partial charge in [0, 0.05) is 50.2 Å². The molecule has 0 spiro atoms. The highest BCUT2D eigenvalue weighted by Gasteiger charge is 2.40. The van der Waals surface area contributed by atoms with Crippen LogP contribution < -0.4 is 20.4 Å². The molecule has 5 rings (SSSR count). The minimum absolute atomic E-state index is 0.0160. The Morgan fingerprint density at radius 3 is 2.18 bits per heavy atom. The molecule has 2 aliphatic rings. The van der Waals surface area contributed by atoms with Crippen molar-refractivity contribution in [2.75, 3.05) is 75.6 Å². The lowest BCUT2D eigenvalue weighted by Crippen LogP contribution is -2.48. The van der Waals surface area contributed by atoms with Gasteiger partial charge in [0.25, 0.3) is 11.8 Å². The first kappa shape index (κ1) is 36.7. The van der Waals surface area contributed by atoms with Crippen LogP contribution >= 0.6 is 0 Å². The van der Waals surface area contributed by atoms with Crippen LogP contribution in [0.2, 0.25) is 0 Å². The molecule has 13 nitrogen and oxygen atoms in total. The highest BCUT2D eigenvalue weighted by atomic mass is 16.6. The van der Waals surface area contributed by atoms with E-state index in [2.05, 4.69) is 27.5 Å². The van der Waals surface area contributed by atoms with Gasteiger partial charge in [-0.15, -0.1) is 0 Å². The number of benzene rings is 3. The van der Waals surface area contributed by atoms with Gasteiger partial charge in [-0.05, 0) is 69.8 Å². The van der Waals surface area contributed by atoms with Crippen molar-refractivity contribution in [3.8, 4) is 0 Å². The van der Waals surface area contributed by atoms with Crippen molar-refractivity contribution in [2.45, 2.75) is 26.4 Å². The van der Waals surface area contributed by atoms with Crippen LogP contribution in [0.3, 0.4) is 0 Å². The van der Waals surface area contributed by atoms with Crippen LogP contribution in [0.15, 0.2) is 72.8 Å². The van der Waals surface area contributed by atoms with E-state index in [-0.39, 0.29) is 22.7 Å². The number of fused-ring (bicyclic) bond motifs is 1. The number of imide groups is 1. The van der Waals surface area contributed by atoms with E-state index in [0.717, 1.165) is 31.1 Å². The third kappa shape index (κ3) is 8.80. The first-order valence-electron chi connectivity index (χ1n) is 16.7. The van der Waals surface area contributed by atoms with E-state index >= 15 is 0 Å². The molecule has 1 saturated heterocycles. The number of rotatable bonds is 9. The second-order valence-electron chi connectivity index (χ2n) is 13.4. The molecular formula is C38H44N6O7. The van der Waals surface area contributed by atoms with Gasteiger partial charge in [0.2, 0.25) is 5.91 Å².